The minimum atomic E-state index is -1.31. The molecule has 2 aromatic rings. The molecule has 3 heterocycles. The van der Waals surface area contributed by atoms with E-state index in [9.17, 15) is 9.90 Å². The van der Waals surface area contributed by atoms with Gasteiger partial charge in [-0.3, -0.25) is 10.7 Å². The lowest BCUT2D eigenvalue weighted by Gasteiger charge is -2.35. The molecule has 11 nitrogen and oxygen atoms in total. The van der Waals surface area contributed by atoms with Gasteiger partial charge >= 0.3 is 6.09 Å². The van der Waals surface area contributed by atoms with Gasteiger partial charge in [-0.05, 0) is 57.3 Å². The number of anilines is 2. The van der Waals surface area contributed by atoms with Gasteiger partial charge in [0.25, 0.3) is 0 Å². The summed E-state index contributed by atoms with van der Waals surface area (Å²) in [7, 11) is 0. The number of nitrogens with one attached hydrogen (secondary N) is 3. The lowest BCUT2D eigenvalue weighted by atomic mass is 9.80. The van der Waals surface area contributed by atoms with Crippen molar-refractivity contribution in [2.45, 2.75) is 84.3 Å². The van der Waals surface area contributed by atoms with Crippen LogP contribution < -0.4 is 15.5 Å². The number of hydrogen-bond acceptors (Lipinski definition) is 8. The van der Waals surface area contributed by atoms with Gasteiger partial charge in [0.1, 0.15) is 5.52 Å². The van der Waals surface area contributed by atoms with Crippen molar-refractivity contribution < 1.29 is 14.6 Å². The molecule has 2 aliphatic carbocycles. The second-order valence-corrected chi connectivity index (χ2v) is 11.3. The molecule has 202 valence electrons. The zero-order chi connectivity index (χ0) is 26.1. The molecule has 1 saturated heterocycles. The van der Waals surface area contributed by atoms with Crippen LogP contribution in [0.15, 0.2) is 0 Å². The molecule has 1 amide bonds. The summed E-state index contributed by atoms with van der Waals surface area (Å²) in [5, 5.41) is 23.1. The first-order chi connectivity index (χ1) is 17.8. The summed E-state index contributed by atoms with van der Waals surface area (Å²) in [5.41, 5.74) is 1.33. The first kappa shape index (κ1) is 25.7. The topological polar surface area (TPSA) is 141 Å². The molecule has 0 spiro atoms. The summed E-state index contributed by atoms with van der Waals surface area (Å²) < 4.78 is 7.99. The van der Waals surface area contributed by atoms with Gasteiger partial charge in [0.15, 0.2) is 23.1 Å². The summed E-state index contributed by atoms with van der Waals surface area (Å²) in [6, 6.07) is 0.367. The van der Waals surface area contributed by atoms with E-state index in [4.69, 9.17) is 20.1 Å². The highest BCUT2D eigenvalue weighted by molar-refractivity contribution is 6.03. The second-order valence-electron chi connectivity index (χ2n) is 11.3. The monoisotopic (exact) mass is 512 g/mol. The van der Waals surface area contributed by atoms with Gasteiger partial charge in [0.2, 0.25) is 5.95 Å². The van der Waals surface area contributed by atoms with E-state index in [0.717, 1.165) is 30.5 Å². The average molecular weight is 513 g/mol. The van der Waals surface area contributed by atoms with Crippen molar-refractivity contribution in [3.05, 3.63) is 5.82 Å². The first-order valence-electron chi connectivity index (χ1n) is 13.8. The van der Waals surface area contributed by atoms with E-state index in [-0.39, 0.29) is 23.7 Å². The van der Waals surface area contributed by atoms with E-state index in [1.54, 1.807) is 0 Å². The molecule has 0 radical (unpaired) electrons. The molecule has 3 aliphatic rings. The Labute approximate surface area is 217 Å². The number of carboxylic acid groups (broad SMARTS) is 1. The number of carbonyl (C=O) groups is 1. The molecule has 37 heavy (non-hydrogen) atoms. The quantitative estimate of drug-likeness (QED) is 0.321. The third-order valence-electron chi connectivity index (χ3n) is 8.46. The van der Waals surface area contributed by atoms with Crippen LogP contribution in [0, 0.1) is 23.2 Å². The maximum atomic E-state index is 11.2. The molecule has 4 N–H and O–H groups in total. The molecule has 3 fully saturated rings. The Balaban J connectivity index is 1.61. The summed E-state index contributed by atoms with van der Waals surface area (Å²) in [6.45, 7) is 9.51. The number of fused-ring (bicyclic) bond motifs is 1. The highest BCUT2D eigenvalue weighted by atomic mass is 16.5. The van der Waals surface area contributed by atoms with E-state index >= 15 is 0 Å². The number of imidazole rings is 1. The van der Waals surface area contributed by atoms with Crippen molar-refractivity contribution in [1.82, 2.24) is 24.8 Å². The van der Waals surface area contributed by atoms with Crippen molar-refractivity contribution in [3.8, 4) is 0 Å². The highest BCUT2D eigenvalue weighted by Crippen LogP contribution is 2.36. The first-order valence-corrected chi connectivity index (χ1v) is 13.8. The van der Waals surface area contributed by atoms with Crippen LogP contribution in [0.2, 0.25) is 0 Å². The molecule has 2 saturated carbocycles. The number of amides is 1. The Morgan fingerprint density at radius 3 is 2.57 bits per heavy atom. The van der Waals surface area contributed by atoms with Crippen LogP contribution in [-0.4, -0.2) is 68.4 Å². The lowest BCUT2D eigenvalue weighted by Crippen LogP contribution is -2.45. The van der Waals surface area contributed by atoms with Crippen LogP contribution in [-0.2, 0) is 11.3 Å². The highest BCUT2D eigenvalue weighted by Gasteiger charge is 2.31. The average Bonchev–Trinajstić information content (AvgIpc) is 3.17. The van der Waals surface area contributed by atoms with Gasteiger partial charge in [0.05, 0.1) is 19.3 Å². The van der Waals surface area contributed by atoms with Gasteiger partial charge in [0, 0.05) is 19.1 Å². The number of amidine groups is 1. The SMILES string of the molecule is C[C@@H]1COCCN1c1nc2nc(C(=N)NC(=O)O)nc(N[C@H](C)C3CCC3)c2n1C[C@H]1CC[C@H](C)CC1. The number of rotatable bonds is 7. The van der Waals surface area contributed by atoms with Crippen LogP contribution in [0.4, 0.5) is 16.6 Å². The standard InChI is InChI=1S/C26H40N8O3/c1-15-7-9-18(10-8-15)13-34-20-22(28-17(3)19-5-4-6-19)30-24(21(27)29-26(35)36)31-23(20)32-25(34)33-11-12-37-14-16(33)2/h15-19H,4-14H2,1-3H3,(H2,27,29)(H,35,36)(H,28,30,31)/t15-,16-,17-,18-/m1/s1. The Morgan fingerprint density at radius 2 is 1.92 bits per heavy atom. The molecular formula is C26H40N8O3. The molecule has 0 bridgehead atoms. The predicted octanol–water partition coefficient (Wildman–Crippen LogP) is 4.07. The Kier molecular flexibility index (Phi) is 7.50. The smallest absolute Gasteiger partial charge is 0.410 e. The third-order valence-corrected chi connectivity index (χ3v) is 8.46. The number of aromatic nitrogens is 4. The van der Waals surface area contributed by atoms with Crippen LogP contribution in [0.3, 0.4) is 0 Å². The lowest BCUT2D eigenvalue weighted by molar-refractivity contribution is 0.0976. The molecular weight excluding hydrogens is 472 g/mol. The predicted molar refractivity (Wildman–Crippen MR) is 142 cm³/mol. The van der Waals surface area contributed by atoms with Gasteiger partial charge in [-0.2, -0.15) is 4.98 Å². The second kappa shape index (κ2) is 10.8. The Hall–Kier alpha value is -2.95. The van der Waals surface area contributed by atoms with Gasteiger partial charge in [-0.1, -0.05) is 26.2 Å². The molecule has 2 atom stereocenters. The minimum absolute atomic E-state index is 0.0240. The zero-order valence-electron chi connectivity index (χ0n) is 22.2. The Bertz CT molecular complexity index is 1140. The summed E-state index contributed by atoms with van der Waals surface area (Å²) in [6.07, 6.45) is 7.14. The van der Waals surface area contributed by atoms with Gasteiger partial charge in [-0.15, -0.1) is 0 Å². The van der Waals surface area contributed by atoms with Gasteiger partial charge < -0.3 is 24.6 Å². The van der Waals surface area contributed by atoms with Crippen molar-refractivity contribution in [2.75, 3.05) is 30.0 Å². The van der Waals surface area contributed by atoms with Crippen molar-refractivity contribution >= 4 is 34.9 Å². The van der Waals surface area contributed by atoms with E-state index in [1.165, 1.54) is 44.9 Å². The van der Waals surface area contributed by atoms with E-state index in [0.29, 0.717) is 36.5 Å². The molecule has 5 rings (SSSR count). The number of nitrogens with zero attached hydrogens (tertiary/aromatic N) is 5. The fourth-order valence-corrected chi connectivity index (χ4v) is 5.86. The van der Waals surface area contributed by atoms with E-state index < -0.39 is 6.09 Å². The summed E-state index contributed by atoms with van der Waals surface area (Å²) in [5.74, 6) is 3.04. The van der Waals surface area contributed by atoms with E-state index in [2.05, 4.69) is 45.9 Å². The number of hydrogen-bond donors (Lipinski definition) is 4. The van der Waals surface area contributed by atoms with Crippen molar-refractivity contribution in [1.29, 1.82) is 5.41 Å². The summed E-state index contributed by atoms with van der Waals surface area (Å²) >= 11 is 0. The zero-order valence-corrected chi connectivity index (χ0v) is 22.2. The normalized spacial score (nSPS) is 25.5. The fraction of sp³-hybridized carbons (Fsp3) is 0.731. The molecule has 11 heteroatoms. The third kappa shape index (κ3) is 5.51. The van der Waals surface area contributed by atoms with Crippen molar-refractivity contribution in [3.63, 3.8) is 0 Å². The molecule has 1 aliphatic heterocycles. The van der Waals surface area contributed by atoms with Crippen LogP contribution in [0.5, 0.6) is 0 Å². The van der Waals surface area contributed by atoms with E-state index in [1.807, 2.05) is 0 Å². The van der Waals surface area contributed by atoms with Crippen LogP contribution in [0.25, 0.3) is 11.2 Å². The Morgan fingerprint density at radius 1 is 1.16 bits per heavy atom. The fourth-order valence-electron chi connectivity index (χ4n) is 5.86. The number of ether oxygens (including phenoxy) is 1. The molecule has 2 aromatic heterocycles. The summed E-state index contributed by atoms with van der Waals surface area (Å²) in [4.78, 5) is 27.8. The largest absolute Gasteiger partial charge is 0.465 e. The minimum Gasteiger partial charge on any atom is -0.465 e. The van der Waals surface area contributed by atoms with Crippen LogP contribution in [0.1, 0.15) is 71.5 Å². The number of morpholine rings is 1. The molecule has 0 unspecified atom stereocenters. The maximum Gasteiger partial charge on any atom is 0.410 e. The van der Waals surface area contributed by atoms with Gasteiger partial charge in [-0.25, -0.2) is 14.8 Å². The van der Waals surface area contributed by atoms with Crippen LogP contribution >= 0.6 is 0 Å². The molecule has 0 aromatic carbocycles. The maximum absolute atomic E-state index is 11.2. The van der Waals surface area contributed by atoms with Crippen molar-refractivity contribution in [2.24, 2.45) is 17.8 Å².